The minimum Gasteiger partial charge on any atom is -0.350 e. The Balaban J connectivity index is 1.73. The number of hydrogen-bond acceptors (Lipinski definition) is 5. The van der Waals surface area contributed by atoms with E-state index in [1.165, 1.54) is 11.8 Å². The lowest BCUT2D eigenvalue weighted by atomic mass is 10.2. The predicted molar refractivity (Wildman–Crippen MR) is 117 cm³/mol. The summed E-state index contributed by atoms with van der Waals surface area (Å²) in [5.41, 5.74) is 0.771. The van der Waals surface area contributed by atoms with Crippen LogP contribution in [0.4, 0.5) is 0 Å². The fourth-order valence-corrected chi connectivity index (χ4v) is 4.49. The van der Waals surface area contributed by atoms with Gasteiger partial charge in [0, 0.05) is 22.0 Å². The van der Waals surface area contributed by atoms with Crippen LogP contribution < -0.4 is 5.32 Å². The SMILES string of the molecule is CC(C)Cn1c(SCC(=O)NCc2cccs2)nnc1-c1ccc(Cl)cc1Cl. The smallest absolute Gasteiger partial charge is 0.230 e. The molecular weight excluding hydrogens is 435 g/mol. The lowest BCUT2D eigenvalue weighted by Gasteiger charge is -2.13. The highest BCUT2D eigenvalue weighted by molar-refractivity contribution is 7.99. The maximum atomic E-state index is 12.2. The van der Waals surface area contributed by atoms with Gasteiger partial charge in [-0.15, -0.1) is 21.5 Å². The van der Waals surface area contributed by atoms with Crippen LogP contribution in [0.25, 0.3) is 11.4 Å². The van der Waals surface area contributed by atoms with E-state index >= 15 is 0 Å². The molecule has 0 aliphatic heterocycles. The van der Waals surface area contributed by atoms with Crippen molar-refractivity contribution in [3.05, 3.63) is 50.6 Å². The molecule has 0 saturated heterocycles. The average Bonchev–Trinajstić information content (AvgIpc) is 3.28. The molecule has 0 aliphatic rings. The first-order valence-corrected chi connectivity index (χ1v) is 11.4. The average molecular weight is 455 g/mol. The van der Waals surface area contributed by atoms with Crippen molar-refractivity contribution >= 4 is 52.2 Å². The first-order chi connectivity index (χ1) is 13.4. The van der Waals surface area contributed by atoms with Gasteiger partial charge in [-0.05, 0) is 35.6 Å². The normalized spacial score (nSPS) is 11.2. The van der Waals surface area contributed by atoms with Crippen molar-refractivity contribution in [2.24, 2.45) is 5.92 Å². The summed E-state index contributed by atoms with van der Waals surface area (Å²) in [5.74, 6) is 1.30. The number of aromatic nitrogens is 3. The summed E-state index contributed by atoms with van der Waals surface area (Å²) < 4.78 is 2.01. The molecule has 9 heteroatoms. The van der Waals surface area contributed by atoms with Crippen LogP contribution in [-0.4, -0.2) is 26.4 Å². The molecule has 0 aliphatic carbocycles. The third-order valence-electron chi connectivity index (χ3n) is 3.81. The summed E-state index contributed by atoms with van der Waals surface area (Å²) in [4.78, 5) is 13.3. The molecule has 0 radical (unpaired) electrons. The number of carbonyl (C=O) groups excluding carboxylic acids is 1. The quantitative estimate of drug-likeness (QED) is 0.464. The molecule has 148 valence electrons. The minimum absolute atomic E-state index is 0.0384. The topological polar surface area (TPSA) is 59.8 Å². The standard InChI is InChI=1S/C19H20Cl2N4OS2/c1-12(2)10-25-18(15-6-5-13(20)8-16(15)21)23-24-19(25)28-11-17(26)22-9-14-4-3-7-27-14/h3-8,12H,9-11H2,1-2H3,(H,22,26). The van der Waals surface area contributed by atoms with Gasteiger partial charge in [0.2, 0.25) is 5.91 Å². The van der Waals surface area contributed by atoms with E-state index in [1.54, 1.807) is 23.5 Å². The summed E-state index contributed by atoms with van der Waals surface area (Å²) in [6, 6.07) is 9.28. The van der Waals surface area contributed by atoms with Gasteiger partial charge in [0.15, 0.2) is 11.0 Å². The molecule has 1 N–H and O–H groups in total. The first-order valence-electron chi connectivity index (χ1n) is 8.74. The van der Waals surface area contributed by atoms with E-state index < -0.39 is 0 Å². The Kier molecular flexibility index (Phi) is 7.40. The number of benzene rings is 1. The van der Waals surface area contributed by atoms with E-state index in [-0.39, 0.29) is 11.7 Å². The largest absolute Gasteiger partial charge is 0.350 e. The molecule has 0 saturated carbocycles. The monoisotopic (exact) mass is 454 g/mol. The van der Waals surface area contributed by atoms with Gasteiger partial charge in [-0.2, -0.15) is 0 Å². The van der Waals surface area contributed by atoms with Crippen molar-refractivity contribution in [3.8, 4) is 11.4 Å². The Morgan fingerprint density at radius 1 is 1.29 bits per heavy atom. The Morgan fingerprint density at radius 3 is 2.79 bits per heavy atom. The van der Waals surface area contributed by atoms with E-state index in [0.717, 1.165) is 17.0 Å². The number of amides is 1. The molecule has 1 amide bonds. The fourth-order valence-electron chi connectivity index (χ4n) is 2.58. The van der Waals surface area contributed by atoms with E-state index in [1.807, 2.05) is 28.1 Å². The second kappa shape index (κ2) is 9.78. The number of nitrogens with one attached hydrogen (secondary N) is 1. The van der Waals surface area contributed by atoms with E-state index in [2.05, 4.69) is 29.4 Å². The number of hydrogen-bond donors (Lipinski definition) is 1. The summed E-state index contributed by atoms with van der Waals surface area (Å²) >= 11 is 15.4. The predicted octanol–water partition coefficient (Wildman–Crippen LogP) is 5.38. The Hall–Kier alpha value is -1.54. The number of rotatable bonds is 8. The van der Waals surface area contributed by atoms with Gasteiger partial charge in [-0.1, -0.05) is 54.9 Å². The van der Waals surface area contributed by atoms with Crippen molar-refractivity contribution in [3.63, 3.8) is 0 Å². The van der Waals surface area contributed by atoms with E-state index in [9.17, 15) is 4.79 Å². The Morgan fingerprint density at radius 2 is 2.11 bits per heavy atom. The molecule has 28 heavy (non-hydrogen) atoms. The third-order valence-corrected chi connectivity index (χ3v) is 6.20. The molecule has 0 unspecified atom stereocenters. The Bertz CT molecular complexity index is 942. The molecular formula is C19H20Cl2N4OS2. The maximum Gasteiger partial charge on any atom is 0.230 e. The molecule has 3 aromatic rings. The van der Waals surface area contributed by atoms with E-state index in [0.29, 0.717) is 33.5 Å². The van der Waals surface area contributed by atoms with Crippen LogP contribution in [0, 0.1) is 5.92 Å². The van der Waals surface area contributed by atoms with Gasteiger partial charge in [0.25, 0.3) is 0 Å². The van der Waals surface area contributed by atoms with Crippen LogP contribution in [0.3, 0.4) is 0 Å². The van der Waals surface area contributed by atoms with Crippen molar-refractivity contribution in [1.29, 1.82) is 0 Å². The number of carbonyl (C=O) groups is 1. The molecule has 2 aromatic heterocycles. The first kappa shape index (κ1) is 21.2. The summed E-state index contributed by atoms with van der Waals surface area (Å²) in [6.07, 6.45) is 0. The highest BCUT2D eigenvalue weighted by atomic mass is 35.5. The van der Waals surface area contributed by atoms with Crippen LogP contribution >= 0.6 is 46.3 Å². The van der Waals surface area contributed by atoms with Crippen LogP contribution in [0.2, 0.25) is 10.0 Å². The summed E-state index contributed by atoms with van der Waals surface area (Å²) in [6.45, 7) is 5.51. The van der Waals surface area contributed by atoms with Crippen molar-refractivity contribution < 1.29 is 4.79 Å². The zero-order valence-electron chi connectivity index (χ0n) is 15.5. The van der Waals surface area contributed by atoms with Gasteiger partial charge in [0.1, 0.15) is 0 Å². The minimum atomic E-state index is -0.0384. The zero-order valence-corrected chi connectivity index (χ0v) is 18.6. The number of halogens is 2. The van der Waals surface area contributed by atoms with Crippen molar-refractivity contribution in [1.82, 2.24) is 20.1 Å². The highest BCUT2D eigenvalue weighted by Gasteiger charge is 2.18. The van der Waals surface area contributed by atoms with Gasteiger partial charge < -0.3 is 9.88 Å². The lowest BCUT2D eigenvalue weighted by Crippen LogP contribution is -2.24. The van der Waals surface area contributed by atoms with Gasteiger partial charge >= 0.3 is 0 Å². The number of thiophene rings is 1. The van der Waals surface area contributed by atoms with Gasteiger partial charge in [-0.25, -0.2) is 0 Å². The second-order valence-corrected chi connectivity index (χ2v) is 9.40. The van der Waals surface area contributed by atoms with Crippen LogP contribution in [0.1, 0.15) is 18.7 Å². The van der Waals surface area contributed by atoms with Crippen molar-refractivity contribution in [2.45, 2.75) is 32.1 Å². The molecule has 0 bridgehead atoms. The third kappa shape index (κ3) is 5.50. The highest BCUT2D eigenvalue weighted by Crippen LogP contribution is 2.32. The maximum absolute atomic E-state index is 12.2. The number of thioether (sulfide) groups is 1. The molecule has 1 aromatic carbocycles. The second-order valence-electron chi connectivity index (χ2n) is 6.58. The lowest BCUT2D eigenvalue weighted by molar-refractivity contribution is -0.118. The molecule has 3 rings (SSSR count). The fraction of sp³-hybridized carbons (Fsp3) is 0.316. The molecule has 0 spiro atoms. The zero-order chi connectivity index (χ0) is 20.1. The molecule has 2 heterocycles. The Labute approximate surface area is 182 Å². The van der Waals surface area contributed by atoms with E-state index in [4.69, 9.17) is 23.2 Å². The van der Waals surface area contributed by atoms with Crippen LogP contribution in [0.5, 0.6) is 0 Å². The summed E-state index contributed by atoms with van der Waals surface area (Å²) in [7, 11) is 0. The molecule has 0 atom stereocenters. The van der Waals surface area contributed by atoms with Crippen molar-refractivity contribution in [2.75, 3.05) is 5.75 Å². The van der Waals surface area contributed by atoms with Gasteiger partial charge in [0.05, 0.1) is 17.3 Å². The van der Waals surface area contributed by atoms with Gasteiger partial charge in [-0.3, -0.25) is 4.79 Å². The molecule has 0 fully saturated rings. The van der Waals surface area contributed by atoms with Crippen LogP contribution in [0.15, 0.2) is 40.9 Å². The summed E-state index contributed by atoms with van der Waals surface area (Å²) in [5, 5.41) is 15.3. The van der Waals surface area contributed by atoms with Crippen LogP contribution in [-0.2, 0) is 17.9 Å². The number of nitrogens with zero attached hydrogens (tertiary/aromatic N) is 3. The molecule has 5 nitrogen and oxygen atoms in total.